The lowest BCUT2D eigenvalue weighted by Gasteiger charge is -2.21. The van der Waals surface area contributed by atoms with Crippen LogP contribution in [0, 0.1) is 0 Å². The first-order valence-corrected chi connectivity index (χ1v) is 8.63. The number of carbonyl (C=O) groups excluding carboxylic acids is 1. The molecule has 4 N–H and O–H groups in total. The molecule has 0 radical (unpaired) electrons. The van der Waals surface area contributed by atoms with Crippen LogP contribution in [0.15, 0.2) is 11.6 Å². The first kappa shape index (κ1) is 15.0. The van der Waals surface area contributed by atoms with Crippen LogP contribution >= 0.6 is 11.3 Å². The van der Waals surface area contributed by atoms with E-state index in [0.29, 0.717) is 29.6 Å². The van der Waals surface area contributed by atoms with Crippen molar-refractivity contribution >= 4 is 22.4 Å². The molecule has 1 amide bonds. The minimum absolute atomic E-state index is 0.0578. The van der Waals surface area contributed by atoms with Crippen LogP contribution in [0.5, 0.6) is 0 Å². The van der Waals surface area contributed by atoms with Gasteiger partial charge in [-0.05, 0) is 12.8 Å². The molecule has 1 aliphatic rings. The quantitative estimate of drug-likeness (QED) is 0.788. The summed E-state index contributed by atoms with van der Waals surface area (Å²) in [5, 5.41) is 12.5. The number of nitrogens with zero attached hydrogens (tertiary/aromatic N) is 2. The molecule has 0 aromatic carbocycles. The van der Waals surface area contributed by atoms with E-state index in [1.54, 1.807) is 6.20 Å². The van der Waals surface area contributed by atoms with Crippen LogP contribution in [0.4, 0.5) is 5.13 Å². The average Bonchev–Trinajstić information content (AvgIpc) is 3.17. The number of anilines is 1. The third kappa shape index (κ3) is 3.47. The van der Waals surface area contributed by atoms with Crippen LogP contribution < -0.4 is 11.1 Å². The molecule has 2 aromatic rings. The molecule has 0 unspecified atom stereocenters. The maximum Gasteiger partial charge on any atom is 0.254 e. The highest BCUT2D eigenvalue weighted by atomic mass is 32.1. The van der Waals surface area contributed by atoms with E-state index in [0.717, 1.165) is 24.2 Å². The van der Waals surface area contributed by atoms with Gasteiger partial charge in [0, 0.05) is 24.3 Å². The number of thiazole rings is 1. The fourth-order valence-corrected chi connectivity index (χ4v) is 3.61. The van der Waals surface area contributed by atoms with Crippen molar-refractivity contribution in [2.45, 2.75) is 44.4 Å². The third-order valence-corrected chi connectivity index (χ3v) is 4.89. The van der Waals surface area contributed by atoms with Crippen LogP contribution in [0.25, 0.3) is 0 Å². The van der Waals surface area contributed by atoms with Gasteiger partial charge in [-0.1, -0.05) is 19.3 Å². The van der Waals surface area contributed by atoms with E-state index in [-0.39, 0.29) is 5.91 Å². The summed E-state index contributed by atoms with van der Waals surface area (Å²) < 4.78 is 0. The molecular weight excluding hydrogens is 298 g/mol. The molecule has 1 saturated carbocycles. The molecule has 0 atom stereocenters. The fourth-order valence-electron chi connectivity index (χ4n) is 3.02. The number of hydrogen-bond donors (Lipinski definition) is 3. The summed E-state index contributed by atoms with van der Waals surface area (Å²) >= 11 is 1.42. The number of amides is 1. The predicted octanol–water partition coefficient (Wildman–Crippen LogP) is 2.47. The maximum atomic E-state index is 12.4. The van der Waals surface area contributed by atoms with Gasteiger partial charge in [0.2, 0.25) is 0 Å². The summed E-state index contributed by atoms with van der Waals surface area (Å²) in [6.07, 6.45) is 8.37. The van der Waals surface area contributed by atoms with Gasteiger partial charge >= 0.3 is 0 Å². The molecule has 3 rings (SSSR count). The lowest BCUT2D eigenvalue weighted by molar-refractivity contribution is 0.0952. The molecule has 2 aromatic heterocycles. The Morgan fingerprint density at radius 2 is 2.23 bits per heavy atom. The number of rotatable bonds is 5. The van der Waals surface area contributed by atoms with Crippen LogP contribution in [0.3, 0.4) is 0 Å². The van der Waals surface area contributed by atoms with E-state index in [4.69, 9.17) is 5.73 Å². The normalized spacial score (nSPS) is 15.8. The monoisotopic (exact) mass is 319 g/mol. The largest absolute Gasteiger partial charge is 0.375 e. The van der Waals surface area contributed by atoms with Gasteiger partial charge in [0.25, 0.3) is 5.91 Å². The van der Waals surface area contributed by atoms with Gasteiger partial charge in [-0.15, -0.1) is 11.3 Å². The maximum absolute atomic E-state index is 12.4. The number of nitrogen functional groups attached to an aromatic ring is 1. The Balaban J connectivity index is 1.57. The molecule has 0 spiro atoms. The lowest BCUT2D eigenvalue weighted by atomic mass is 9.85. The predicted molar refractivity (Wildman–Crippen MR) is 87.0 cm³/mol. The van der Waals surface area contributed by atoms with Crippen molar-refractivity contribution in [3.63, 3.8) is 0 Å². The van der Waals surface area contributed by atoms with Crippen molar-refractivity contribution in [1.29, 1.82) is 0 Å². The highest BCUT2D eigenvalue weighted by Crippen LogP contribution is 2.33. The van der Waals surface area contributed by atoms with Gasteiger partial charge in [-0.25, -0.2) is 4.98 Å². The van der Waals surface area contributed by atoms with Crippen LogP contribution in [-0.2, 0) is 6.42 Å². The zero-order valence-electron chi connectivity index (χ0n) is 12.5. The molecule has 2 heterocycles. The van der Waals surface area contributed by atoms with Gasteiger partial charge in [-0.2, -0.15) is 5.10 Å². The number of carbonyl (C=O) groups is 1. The number of aromatic amines is 1. The van der Waals surface area contributed by atoms with Crippen LogP contribution in [0.1, 0.15) is 59.8 Å². The number of H-pyrrole nitrogens is 1. The van der Waals surface area contributed by atoms with E-state index in [1.807, 2.05) is 5.38 Å². The molecule has 6 nitrogen and oxygen atoms in total. The molecule has 1 aliphatic carbocycles. The summed E-state index contributed by atoms with van der Waals surface area (Å²) in [6, 6.07) is 0. The zero-order valence-corrected chi connectivity index (χ0v) is 13.3. The van der Waals surface area contributed by atoms with E-state index in [9.17, 15) is 4.79 Å². The zero-order chi connectivity index (χ0) is 15.4. The fraction of sp³-hybridized carbons (Fsp3) is 0.533. The third-order valence-electron chi connectivity index (χ3n) is 4.16. The van der Waals surface area contributed by atoms with E-state index in [2.05, 4.69) is 20.5 Å². The van der Waals surface area contributed by atoms with Gasteiger partial charge in [-0.3, -0.25) is 9.89 Å². The second-order valence-corrected chi connectivity index (χ2v) is 6.60. The average molecular weight is 319 g/mol. The molecule has 1 fully saturated rings. The summed E-state index contributed by atoms with van der Waals surface area (Å²) in [5.41, 5.74) is 8.20. The second kappa shape index (κ2) is 6.91. The Hall–Kier alpha value is -1.89. The van der Waals surface area contributed by atoms with Gasteiger partial charge in [0.1, 0.15) is 0 Å². The SMILES string of the molecule is Nc1nc(CCNC(=O)c2cn[nH]c2C2CCCCC2)cs1. The number of nitrogens with one attached hydrogen (secondary N) is 2. The van der Waals surface area contributed by atoms with Crippen molar-refractivity contribution in [3.05, 3.63) is 28.5 Å². The van der Waals surface area contributed by atoms with E-state index >= 15 is 0 Å². The summed E-state index contributed by atoms with van der Waals surface area (Å²) in [5.74, 6) is 0.382. The molecule has 22 heavy (non-hydrogen) atoms. The second-order valence-electron chi connectivity index (χ2n) is 5.72. The lowest BCUT2D eigenvalue weighted by Crippen LogP contribution is -2.27. The van der Waals surface area contributed by atoms with Crippen LogP contribution in [-0.4, -0.2) is 27.6 Å². The smallest absolute Gasteiger partial charge is 0.254 e. The first-order chi connectivity index (χ1) is 10.7. The molecule has 0 saturated heterocycles. The molecule has 118 valence electrons. The van der Waals surface area contributed by atoms with Crippen molar-refractivity contribution < 1.29 is 4.79 Å². The molecule has 0 aliphatic heterocycles. The Morgan fingerprint density at radius 3 is 2.95 bits per heavy atom. The van der Waals surface area contributed by atoms with Crippen molar-refractivity contribution in [1.82, 2.24) is 20.5 Å². The summed E-state index contributed by atoms with van der Waals surface area (Å²) in [6.45, 7) is 0.553. The highest BCUT2D eigenvalue weighted by Gasteiger charge is 2.23. The Labute approximate surface area is 133 Å². The Morgan fingerprint density at radius 1 is 1.41 bits per heavy atom. The molecule has 7 heteroatoms. The van der Waals surface area contributed by atoms with E-state index < -0.39 is 0 Å². The van der Waals surface area contributed by atoms with Gasteiger partial charge in [0.15, 0.2) is 5.13 Å². The summed E-state index contributed by atoms with van der Waals surface area (Å²) in [4.78, 5) is 16.5. The topological polar surface area (TPSA) is 96.7 Å². The van der Waals surface area contributed by atoms with Crippen molar-refractivity contribution in [2.75, 3.05) is 12.3 Å². The van der Waals surface area contributed by atoms with Crippen LogP contribution in [0.2, 0.25) is 0 Å². The Kier molecular flexibility index (Phi) is 4.72. The highest BCUT2D eigenvalue weighted by molar-refractivity contribution is 7.13. The number of nitrogens with two attached hydrogens (primary N) is 1. The first-order valence-electron chi connectivity index (χ1n) is 7.75. The molecule has 0 bridgehead atoms. The standard InChI is InChI=1S/C15H21N5OS/c16-15-19-11(9-22-15)6-7-17-14(21)12-8-18-20-13(12)10-4-2-1-3-5-10/h8-10H,1-7H2,(H2,16,19)(H,17,21)(H,18,20). The van der Waals surface area contributed by atoms with Crippen molar-refractivity contribution in [2.24, 2.45) is 0 Å². The van der Waals surface area contributed by atoms with Gasteiger partial charge < -0.3 is 11.1 Å². The molecular formula is C15H21N5OS. The minimum atomic E-state index is -0.0578. The van der Waals surface area contributed by atoms with Crippen molar-refractivity contribution in [3.8, 4) is 0 Å². The van der Waals surface area contributed by atoms with Gasteiger partial charge in [0.05, 0.1) is 23.1 Å². The minimum Gasteiger partial charge on any atom is -0.375 e. The summed E-state index contributed by atoms with van der Waals surface area (Å²) in [7, 11) is 0. The Bertz CT molecular complexity index is 629. The number of aromatic nitrogens is 3. The number of hydrogen-bond acceptors (Lipinski definition) is 5. The van der Waals surface area contributed by atoms with E-state index in [1.165, 1.54) is 30.6 Å².